The molecule has 0 aromatic heterocycles. The molecule has 0 atom stereocenters. The van der Waals surface area contributed by atoms with Gasteiger partial charge in [-0.1, -0.05) is 12.1 Å². The fraction of sp³-hybridized carbons (Fsp3) is 0.500. The minimum Gasteiger partial charge on any atom is -0.493 e. The smallest absolute Gasteiger partial charge is 0.257 e. The summed E-state index contributed by atoms with van der Waals surface area (Å²) in [7, 11) is 1.75. The summed E-state index contributed by atoms with van der Waals surface area (Å²) in [4.78, 5) is 28.0. The second kappa shape index (κ2) is 7.79. The minimum atomic E-state index is -0.0373. The largest absolute Gasteiger partial charge is 0.493 e. The number of rotatable bonds is 5. The highest BCUT2D eigenvalue weighted by Gasteiger charge is 2.25. The number of hydrogen-bond acceptors (Lipinski definition) is 4. The molecule has 120 valence electrons. The van der Waals surface area contributed by atoms with Crippen LogP contribution in [-0.2, 0) is 4.79 Å². The Morgan fingerprint density at radius 2 is 1.77 bits per heavy atom. The molecule has 0 unspecified atom stereocenters. The predicted octanol–water partition coefficient (Wildman–Crippen LogP) is 0.589. The quantitative estimate of drug-likeness (QED) is 0.865. The molecule has 1 aromatic carbocycles. The number of carbonyl (C=O) groups is 2. The van der Waals surface area contributed by atoms with Gasteiger partial charge in [-0.15, -0.1) is 0 Å². The van der Waals surface area contributed by atoms with Crippen molar-refractivity contribution in [2.45, 2.75) is 6.92 Å². The Bertz CT molecular complexity index is 525. The van der Waals surface area contributed by atoms with Gasteiger partial charge in [0.1, 0.15) is 5.75 Å². The molecular formula is C16H23N3O3. The number of likely N-dealkylation sites (N-methyl/N-ethyl adjacent to an activating group) is 1. The molecule has 2 rings (SSSR count). The number of hydrogen-bond donors (Lipinski definition) is 1. The first kappa shape index (κ1) is 16.3. The summed E-state index contributed by atoms with van der Waals surface area (Å²) in [5, 5.41) is 2.86. The van der Waals surface area contributed by atoms with Gasteiger partial charge < -0.3 is 19.9 Å². The number of carbonyl (C=O) groups excluding carboxylic acids is 2. The van der Waals surface area contributed by atoms with Crippen LogP contribution in [0.5, 0.6) is 5.75 Å². The Kier molecular flexibility index (Phi) is 5.77. The van der Waals surface area contributed by atoms with Gasteiger partial charge in [0.25, 0.3) is 5.91 Å². The standard InChI is InChI=1S/C16H23N3O3/c1-3-22-14-7-5-4-6-13(14)16(21)19-10-8-18(9-11-19)15(20)12-17-2/h4-7,17H,3,8-12H2,1-2H3. The van der Waals surface area contributed by atoms with Crippen LogP contribution >= 0.6 is 0 Å². The average Bonchev–Trinajstić information content (AvgIpc) is 2.55. The van der Waals surface area contributed by atoms with E-state index in [-0.39, 0.29) is 11.8 Å². The second-order valence-corrected chi connectivity index (χ2v) is 5.13. The molecular weight excluding hydrogens is 282 g/mol. The first-order valence-electron chi connectivity index (χ1n) is 7.60. The van der Waals surface area contributed by atoms with Crippen molar-refractivity contribution in [1.29, 1.82) is 0 Å². The first-order chi connectivity index (χ1) is 10.7. The van der Waals surface area contributed by atoms with Gasteiger partial charge in [-0.2, -0.15) is 0 Å². The summed E-state index contributed by atoms with van der Waals surface area (Å²) in [5.41, 5.74) is 0.583. The fourth-order valence-electron chi connectivity index (χ4n) is 2.52. The molecule has 1 heterocycles. The highest BCUT2D eigenvalue weighted by molar-refractivity contribution is 5.97. The van der Waals surface area contributed by atoms with Crippen molar-refractivity contribution in [1.82, 2.24) is 15.1 Å². The van der Waals surface area contributed by atoms with Crippen LogP contribution in [0.15, 0.2) is 24.3 Å². The molecule has 22 heavy (non-hydrogen) atoms. The van der Waals surface area contributed by atoms with E-state index in [1.807, 2.05) is 25.1 Å². The molecule has 6 heteroatoms. The van der Waals surface area contributed by atoms with Gasteiger partial charge in [0.05, 0.1) is 18.7 Å². The Hall–Kier alpha value is -2.08. The average molecular weight is 305 g/mol. The lowest BCUT2D eigenvalue weighted by Crippen LogP contribution is -2.52. The van der Waals surface area contributed by atoms with Crippen molar-refractivity contribution in [3.63, 3.8) is 0 Å². The van der Waals surface area contributed by atoms with Gasteiger partial charge in [0.2, 0.25) is 5.91 Å². The van der Waals surface area contributed by atoms with Crippen LogP contribution < -0.4 is 10.1 Å². The van der Waals surface area contributed by atoms with Crippen molar-refractivity contribution in [3.8, 4) is 5.75 Å². The van der Waals surface area contributed by atoms with Crippen LogP contribution in [0.2, 0.25) is 0 Å². The number of piperazine rings is 1. The van der Waals surface area contributed by atoms with E-state index in [9.17, 15) is 9.59 Å². The summed E-state index contributed by atoms with van der Waals surface area (Å²) in [6.45, 7) is 5.00. The zero-order chi connectivity index (χ0) is 15.9. The van der Waals surface area contributed by atoms with Crippen molar-refractivity contribution in [2.75, 3.05) is 46.4 Å². The normalized spacial score (nSPS) is 14.8. The van der Waals surface area contributed by atoms with Crippen LogP contribution in [0.25, 0.3) is 0 Å². The Labute approximate surface area is 131 Å². The van der Waals surface area contributed by atoms with E-state index in [2.05, 4.69) is 5.32 Å². The number of nitrogens with one attached hydrogen (secondary N) is 1. The molecule has 1 aromatic rings. The minimum absolute atomic E-state index is 0.0373. The molecule has 0 saturated carbocycles. The van der Waals surface area contributed by atoms with E-state index in [4.69, 9.17) is 4.74 Å². The molecule has 0 aliphatic carbocycles. The maximum Gasteiger partial charge on any atom is 0.257 e. The zero-order valence-corrected chi connectivity index (χ0v) is 13.2. The molecule has 0 spiro atoms. The Morgan fingerprint density at radius 1 is 1.14 bits per heavy atom. The van der Waals surface area contributed by atoms with E-state index in [1.165, 1.54) is 0 Å². The second-order valence-electron chi connectivity index (χ2n) is 5.13. The molecule has 1 fully saturated rings. The van der Waals surface area contributed by atoms with Gasteiger partial charge in [-0.25, -0.2) is 0 Å². The predicted molar refractivity (Wildman–Crippen MR) is 84.0 cm³/mol. The number of amides is 2. The molecule has 2 amide bonds. The summed E-state index contributed by atoms with van der Waals surface area (Å²) < 4.78 is 5.52. The monoisotopic (exact) mass is 305 g/mol. The van der Waals surface area contributed by atoms with Crippen molar-refractivity contribution in [3.05, 3.63) is 29.8 Å². The van der Waals surface area contributed by atoms with E-state index in [1.54, 1.807) is 22.9 Å². The summed E-state index contributed by atoms with van der Waals surface area (Å²) >= 11 is 0. The Morgan fingerprint density at radius 3 is 2.41 bits per heavy atom. The summed E-state index contributed by atoms with van der Waals surface area (Å²) in [6, 6.07) is 7.29. The number of benzene rings is 1. The van der Waals surface area contributed by atoms with Gasteiger partial charge in [0, 0.05) is 26.2 Å². The lowest BCUT2D eigenvalue weighted by Gasteiger charge is -2.35. The molecule has 0 radical (unpaired) electrons. The van der Waals surface area contributed by atoms with Crippen LogP contribution in [0, 0.1) is 0 Å². The van der Waals surface area contributed by atoms with Crippen molar-refractivity contribution < 1.29 is 14.3 Å². The number of ether oxygens (including phenoxy) is 1. The van der Waals surface area contributed by atoms with Crippen LogP contribution in [0.4, 0.5) is 0 Å². The summed E-state index contributed by atoms with van der Waals surface area (Å²) in [5.74, 6) is 0.651. The lowest BCUT2D eigenvalue weighted by molar-refractivity contribution is -0.131. The molecule has 0 bridgehead atoms. The van der Waals surface area contributed by atoms with E-state index < -0.39 is 0 Å². The van der Waals surface area contributed by atoms with Crippen LogP contribution in [0.3, 0.4) is 0 Å². The van der Waals surface area contributed by atoms with Gasteiger partial charge >= 0.3 is 0 Å². The maximum absolute atomic E-state index is 12.6. The fourth-order valence-corrected chi connectivity index (χ4v) is 2.52. The van der Waals surface area contributed by atoms with Gasteiger partial charge in [-0.05, 0) is 26.1 Å². The number of para-hydroxylation sites is 1. The molecule has 1 N–H and O–H groups in total. The van der Waals surface area contributed by atoms with E-state index in [0.29, 0.717) is 50.6 Å². The third kappa shape index (κ3) is 3.76. The van der Waals surface area contributed by atoms with Crippen LogP contribution in [-0.4, -0.2) is 68.0 Å². The zero-order valence-electron chi connectivity index (χ0n) is 13.2. The maximum atomic E-state index is 12.6. The molecule has 6 nitrogen and oxygen atoms in total. The van der Waals surface area contributed by atoms with E-state index >= 15 is 0 Å². The van der Waals surface area contributed by atoms with Gasteiger partial charge in [-0.3, -0.25) is 9.59 Å². The van der Waals surface area contributed by atoms with Crippen molar-refractivity contribution in [2.24, 2.45) is 0 Å². The SMILES string of the molecule is CCOc1ccccc1C(=O)N1CCN(C(=O)CNC)CC1. The Balaban J connectivity index is 1.99. The summed E-state index contributed by atoms with van der Waals surface area (Å²) in [6.07, 6.45) is 0. The third-order valence-electron chi connectivity index (χ3n) is 3.66. The van der Waals surface area contributed by atoms with Gasteiger partial charge in [0.15, 0.2) is 0 Å². The third-order valence-corrected chi connectivity index (χ3v) is 3.66. The lowest BCUT2D eigenvalue weighted by atomic mass is 10.1. The molecule has 1 aliphatic heterocycles. The van der Waals surface area contributed by atoms with Crippen molar-refractivity contribution >= 4 is 11.8 Å². The highest BCUT2D eigenvalue weighted by atomic mass is 16.5. The van der Waals surface area contributed by atoms with E-state index in [0.717, 1.165) is 0 Å². The first-order valence-corrected chi connectivity index (χ1v) is 7.60. The molecule has 1 aliphatic rings. The molecule has 1 saturated heterocycles. The number of nitrogens with zero attached hydrogens (tertiary/aromatic N) is 2. The highest BCUT2D eigenvalue weighted by Crippen LogP contribution is 2.20. The topological polar surface area (TPSA) is 61.9 Å². The van der Waals surface area contributed by atoms with Crippen LogP contribution in [0.1, 0.15) is 17.3 Å².